The van der Waals surface area contributed by atoms with Gasteiger partial charge in [-0.1, -0.05) is 24.3 Å². The van der Waals surface area contributed by atoms with E-state index in [2.05, 4.69) is 11.6 Å². The van der Waals surface area contributed by atoms with Gasteiger partial charge in [0.15, 0.2) is 0 Å². The lowest BCUT2D eigenvalue weighted by Crippen LogP contribution is -2.07. The highest BCUT2D eigenvalue weighted by Crippen LogP contribution is 2.19. The zero-order valence-electron chi connectivity index (χ0n) is 9.16. The Morgan fingerprint density at radius 1 is 1.62 bits per heavy atom. The third-order valence-electron chi connectivity index (χ3n) is 1.91. The van der Waals surface area contributed by atoms with Crippen molar-refractivity contribution < 1.29 is 4.79 Å². The maximum Gasteiger partial charge on any atom is 0.205 e. The molecule has 0 N–H and O–H groups in total. The molecule has 4 heteroatoms. The second-order valence-electron chi connectivity index (χ2n) is 3.12. The van der Waals surface area contributed by atoms with Crippen molar-refractivity contribution in [3.05, 3.63) is 46.3 Å². The van der Waals surface area contributed by atoms with Crippen molar-refractivity contribution in [2.75, 3.05) is 0 Å². The normalized spacial score (nSPS) is 12.7. The lowest BCUT2D eigenvalue weighted by Gasteiger charge is -2.00. The number of hydrogen-bond acceptors (Lipinski definition) is 3. The Morgan fingerprint density at radius 2 is 2.31 bits per heavy atom. The van der Waals surface area contributed by atoms with Crippen molar-refractivity contribution in [3.63, 3.8) is 0 Å². The molecule has 0 saturated carbocycles. The monoisotopic (exact) mass is 253 g/mol. The summed E-state index contributed by atoms with van der Waals surface area (Å²) in [7, 11) is 0. The fraction of sp³-hybridized carbons (Fsp3) is 0.167. The summed E-state index contributed by atoms with van der Waals surface area (Å²) < 4.78 is 0. The van der Waals surface area contributed by atoms with Crippen LogP contribution in [-0.4, -0.2) is 11.0 Å². The van der Waals surface area contributed by atoms with Crippen LogP contribution >= 0.6 is 22.9 Å². The number of Topliss-reactive ketones (excluding diaryl/α,β-unsaturated/α-hetero) is 1. The molecule has 2 nitrogen and oxygen atoms in total. The zero-order valence-corrected chi connectivity index (χ0v) is 10.7. The van der Waals surface area contributed by atoms with Crippen LogP contribution in [0.15, 0.2) is 40.9 Å². The molecule has 84 valence electrons. The van der Waals surface area contributed by atoms with Crippen LogP contribution in [-0.2, 0) is 0 Å². The third-order valence-corrected chi connectivity index (χ3v) is 3.26. The lowest BCUT2D eigenvalue weighted by molar-refractivity contribution is 0.104. The Balaban J connectivity index is 3.04. The maximum atomic E-state index is 12.0. The van der Waals surface area contributed by atoms with Gasteiger partial charge in [-0.3, -0.25) is 4.79 Å². The zero-order chi connectivity index (χ0) is 12.1. The van der Waals surface area contributed by atoms with Gasteiger partial charge < -0.3 is 0 Å². The molecule has 0 aliphatic rings. The van der Waals surface area contributed by atoms with Crippen LogP contribution in [0.5, 0.6) is 0 Å². The van der Waals surface area contributed by atoms with Gasteiger partial charge in [-0.25, -0.2) is 4.99 Å². The molecule has 0 saturated heterocycles. The molecule has 0 spiro atoms. The number of aliphatic imine (C=N–C) groups is 1. The summed E-state index contributed by atoms with van der Waals surface area (Å²) in [5, 5.41) is 2.10. The summed E-state index contributed by atoms with van der Waals surface area (Å²) in [4.78, 5) is 16.5. The maximum absolute atomic E-state index is 12.0. The molecule has 0 aliphatic carbocycles. The van der Waals surface area contributed by atoms with Gasteiger partial charge in [0.25, 0.3) is 0 Å². The molecule has 0 aliphatic heterocycles. The second-order valence-corrected chi connectivity index (χ2v) is 4.39. The van der Waals surface area contributed by atoms with Crippen molar-refractivity contribution in [1.82, 2.24) is 0 Å². The van der Waals surface area contributed by atoms with E-state index < -0.39 is 0 Å². The molecule has 1 heterocycles. The predicted molar refractivity (Wildman–Crippen MR) is 70.6 cm³/mol. The molecule has 1 aromatic rings. The van der Waals surface area contributed by atoms with Gasteiger partial charge in [0, 0.05) is 6.20 Å². The van der Waals surface area contributed by atoms with E-state index in [1.807, 2.05) is 18.4 Å². The molecule has 0 aromatic carbocycles. The highest BCUT2D eigenvalue weighted by molar-refractivity contribution is 7.12. The first-order valence-corrected chi connectivity index (χ1v) is 5.96. The van der Waals surface area contributed by atoms with E-state index in [9.17, 15) is 4.79 Å². The average Bonchev–Trinajstić information content (AvgIpc) is 2.66. The highest BCUT2D eigenvalue weighted by atomic mass is 35.5. The molecular weight excluding hydrogens is 242 g/mol. The van der Waals surface area contributed by atoms with E-state index in [-0.39, 0.29) is 11.0 Å². The van der Waals surface area contributed by atoms with Gasteiger partial charge in [-0.15, -0.1) is 11.3 Å². The summed E-state index contributed by atoms with van der Waals surface area (Å²) in [5.41, 5.74) is 1.48. The fourth-order valence-corrected chi connectivity index (χ4v) is 2.29. The van der Waals surface area contributed by atoms with Gasteiger partial charge in [-0.05, 0) is 30.9 Å². The summed E-state index contributed by atoms with van der Waals surface area (Å²) in [5.74, 6) is -0.101. The molecule has 0 amide bonds. The van der Waals surface area contributed by atoms with Crippen molar-refractivity contribution in [2.24, 2.45) is 4.99 Å². The number of allylic oxidation sites excluding steroid dienone is 2. The molecule has 0 fully saturated rings. The second kappa shape index (κ2) is 5.77. The highest BCUT2D eigenvalue weighted by Gasteiger charge is 2.16. The van der Waals surface area contributed by atoms with E-state index >= 15 is 0 Å². The standard InChI is InChI=1S/C12H12ClNOS/c1-4-9(12(13)14-5-2)11(15)10-6-8(3)7-16-10/h4-7H,2H2,1,3H3/b9-4-,14-12?. The number of aryl methyl sites for hydroxylation is 1. The molecule has 0 atom stereocenters. The summed E-state index contributed by atoms with van der Waals surface area (Å²) in [6.07, 6.45) is 2.98. The minimum absolute atomic E-state index is 0.101. The minimum atomic E-state index is -0.101. The first-order chi connectivity index (χ1) is 7.60. The number of halogens is 1. The number of nitrogens with zero attached hydrogens (tertiary/aromatic N) is 1. The van der Waals surface area contributed by atoms with Crippen molar-refractivity contribution in [1.29, 1.82) is 0 Å². The first kappa shape index (κ1) is 12.9. The Kier molecular flexibility index (Phi) is 4.65. The molecule has 0 radical (unpaired) electrons. The van der Waals surface area contributed by atoms with Crippen LogP contribution in [0.3, 0.4) is 0 Å². The predicted octanol–water partition coefficient (Wildman–Crippen LogP) is 3.97. The molecule has 0 bridgehead atoms. The Morgan fingerprint density at radius 3 is 2.75 bits per heavy atom. The molecule has 16 heavy (non-hydrogen) atoms. The molecule has 1 aromatic heterocycles. The first-order valence-electron chi connectivity index (χ1n) is 4.71. The average molecular weight is 254 g/mol. The number of carbonyl (C=O) groups is 1. The van der Waals surface area contributed by atoms with E-state index in [4.69, 9.17) is 11.6 Å². The number of hydrogen-bond donors (Lipinski definition) is 0. The van der Waals surface area contributed by atoms with Crippen LogP contribution < -0.4 is 0 Å². The fourth-order valence-electron chi connectivity index (χ4n) is 1.18. The van der Waals surface area contributed by atoms with E-state index in [0.717, 1.165) is 5.56 Å². The summed E-state index contributed by atoms with van der Waals surface area (Å²) >= 11 is 7.30. The molecular formula is C12H12ClNOS. The summed E-state index contributed by atoms with van der Waals surface area (Å²) in [6.45, 7) is 7.15. The van der Waals surface area contributed by atoms with Crippen LogP contribution in [0, 0.1) is 6.92 Å². The largest absolute Gasteiger partial charge is 0.288 e. The van der Waals surface area contributed by atoms with Crippen LogP contribution in [0.2, 0.25) is 0 Å². The summed E-state index contributed by atoms with van der Waals surface area (Å²) in [6, 6.07) is 1.84. The van der Waals surface area contributed by atoms with E-state index in [0.29, 0.717) is 10.5 Å². The van der Waals surface area contributed by atoms with Crippen molar-refractivity contribution in [2.45, 2.75) is 13.8 Å². The van der Waals surface area contributed by atoms with E-state index in [1.54, 1.807) is 13.0 Å². The number of thiophene rings is 1. The van der Waals surface area contributed by atoms with Gasteiger partial charge in [0.05, 0.1) is 10.5 Å². The van der Waals surface area contributed by atoms with Crippen molar-refractivity contribution >= 4 is 33.9 Å². The lowest BCUT2D eigenvalue weighted by atomic mass is 10.1. The van der Waals surface area contributed by atoms with E-state index in [1.165, 1.54) is 17.5 Å². The van der Waals surface area contributed by atoms with Gasteiger partial charge in [-0.2, -0.15) is 0 Å². The Bertz CT molecular complexity index is 471. The number of rotatable bonds is 4. The van der Waals surface area contributed by atoms with Crippen molar-refractivity contribution in [3.8, 4) is 0 Å². The SMILES string of the molecule is C=CN=C(Cl)/C(=C\C)C(=O)c1cc(C)cs1. The van der Waals surface area contributed by atoms with Crippen LogP contribution in [0.1, 0.15) is 22.2 Å². The Labute approximate surface area is 104 Å². The van der Waals surface area contributed by atoms with Crippen LogP contribution in [0.4, 0.5) is 0 Å². The van der Waals surface area contributed by atoms with Gasteiger partial charge in [0.1, 0.15) is 5.17 Å². The topological polar surface area (TPSA) is 29.4 Å². The van der Waals surface area contributed by atoms with Gasteiger partial charge in [0.2, 0.25) is 5.78 Å². The molecule has 0 unspecified atom stereocenters. The smallest absolute Gasteiger partial charge is 0.205 e. The van der Waals surface area contributed by atoms with Gasteiger partial charge >= 0.3 is 0 Å². The number of ketones is 1. The minimum Gasteiger partial charge on any atom is -0.288 e. The molecule has 1 rings (SSSR count). The number of carbonyl (C=O) groups excluding carboxylic acids is 1. The Hall–Kier alpha value is -1.19. The quantitative estimate of drug-likeness (QED) is 0.454. The third kappa shape index (κ3) is 2.90. The van der Waals surface area contributed by atoms with Crippen LogP contribution in [0.25, 0.3) is 0 Å².